The van der Waals surface area contributed by atoms with Crippen molar-refractivity contribution >= 4 is 14.5 Å². The zero-order chi connectivity index (χ0) is 19.4. The third-order valence-electron chi connectivity index (χ3n) is 4.96. The van der Waals surface area contributed by atoms with Gasteiger partial charge < -0.3 is 14.8 Å². The summed E-state index contributed by atoms with van der Waals surface area (Å²) in [7, 11) is 8.31. The summed E-state index contributed by atoms with van der Waals surface area (Å²) in [5, 5.41) is 4.55. The van der Waals surface area contributed by atoms with Crippen LogP contribution in [0, 0.1) is 0 Å². The average molecular weight is 379 g/mol. The van der Waals surface area contributed by atoms with Crippen LogP contribution < -0.4 is 20.1 Å². The minimum Gasteiger partial charge on any atom is -0.497 e. The molecule has 0 saturated heterocycles. The molecule has 0 aliphatic heterocycles. The SMILES string of the molecule is CN[C@@H](C)c1ccc(-c2ccc(OC)cc2)c(-c2ccc(OC)cc2)c1P. The van der Waals surface area contributed by atoms with E-state index in [9.17, 15) is 0 Å². The lowest BCUT2D eigenvalue weighted by molar-refractivity contribution is 0.414. The molecule has 140 valence electrons. The molecule has 3 nitrogen and oxygen atoms in total. The van der Waals surface area contributed by atoms with Crippen LogP contribution in [-0.4, -0.2) is 21.3 Å². The van der Waals surface area contributed by atoms with E-state index in [1.807, 2.05) is 31.3 Å². The van der Waals surface area contributed by atoms with Gasteiger partial charge in [0.15, 0.2) is 0 Å². The molecule has 2 atom stereocenters. The summed E-state index contributed by atoms with van der Waals surface area (Å²) < 4.78 is 10.6. The zero-order valence-corrected chi connectivity index (χ0v) is 17.4. The van der Waals surface area contributed by atoms with Gasteiger partial charge in [-0.05, 0) is 71.4 Å². The van der Waals surface area contributed by atoms with Gasteiger partial charge in [-0.2, -0.15) is 0 Å². The second-order valence-electron chi connectivity index (χ2n) is 6.46. The highest BCUT2D eigenvalue weighted by molar-refractivity contribution is 7.28. The van der Waals surface area contributed by atoms with Gasteiger partial charge in [-0.15, -0.1) is 9.24 Å². The van der Waals surface area contributed by atoms with Crippen LogP contribution in [0.5, 0.6) is 11.5 Å². The van der Waals surface area contributed by atoms with E-state index in [1.54, 1.807) is 14.2 Å². The second-order valence-corrected chi connectivity index (χ2v) is 7.04. The number of methoxy groups -OCH3 is 2. The number of rotatable bonds is 6. The maximum Gasteiger partial charge on any atom is 0.118 e. The van der Waals surface area contributed by atoms with Crippen LogP contribution in [0.2, 0.25) is 0 Å². The molecule has 0 aromatic heterocycles. The normalized spacial score (nSPS) is 11.9. The highest BCUT2D eigenvalue weighted by atomic mass is 31.0. The van der Waals surface area contributed by atoms with E-state index in [1.165, 1.54) is 22.0 Å². The highest BCUT2D eigenvalue weighted by Crippen LogP contribution is 2.35. The Morgan fingerprint density at radius 1 is 0.778 bits per heavy atom. The minimum atomic E-state index is 0.263. The Morgan fingerprint density at radius 2 is 1.30 bits per heavy atom. The van der Waals surface area contributed by atoms with Crippen LogP contribution in [0.25, 0.3) is 22.3 Å². The Kier molecular flexibility index (Phi) is 6.15. The predicted octanol–water partition coefficient (Wildman–Crippen LogP) is 4.82. The minimum absolute atomic E-state index is 0.263. The maximum absolute atomic E-state index is 5.33. The van der Waals surface area contributed by atoms with Gasteiger partial charge >= 0.3 is 0 Å². The van der Waals surface area contributed by atoms with Gasteiger partial charge in [0.2, 0.25) is 0 Å². The first kappa shape index (κ1) is 19.4. The monoisotopic (exact) mass is 379 g/mol. The third kappa shape index (κ3) is 4.00. The number of hydrogen-bond acceptors (Lipinski definition) is 3. The van der Waals surface area contributed by atoms with Gasteiger partial charge in [-0.1, -0.05) is 36.4 Å². The Bertz CT molecular complexity index is 905. The van der Waals surface area contributed by atoms with Gasteiger partial charge in [0.25, 0.3) is 0 Å². The molecular formula is C23H26NO2P. The summed E-state index contributed by atoms with van der Waals surface area (Å²) >= 11 is 0. The van der Waals surface area contributed by atoms with Crippen molar-refractivity contribution in [2.75, 3.05) is 21.3 Å². The first-order chi connectivity index (χ1) is 13.1. The molecule has 0 saturated carbocycles. The first-order valence-electron chi connectivity index (χ1n) is 8.97. The third-order valence-corrected chi connectivity index (χ3v) is 5.58. The fraction of sp³-hybridized carbons (Fsp3) is 0.217. The molecule has 0 aliphatic rings. The van der Waals surface area contributed by atoms with Crippen LogP contribution in [-0.2, 0) is 0 Å². The van der Waals surface area contributed by atoms with Gasteiger partial charge in [-0.3, -0.25) is 0 Å². The fourth-order valence-electron chi connectivity index (χ4n) is 3.25. The molecule has 0 fully saturated rings. The molecule has 0 spiro atoms. The van der Waals surface area contributed by atoms with Crippen LogP contribution in [0.4, 0.5) is 0 Å². The quantitative estimate of drug-likeness (QED) is 0.623. The zero-order valence-electron chi connectivity index (χ0n) is 16.2. The molecule has 3 rings (SSSR count). The van der Waals surface area contributed by atoms with E-state index < -0.39 is 0 Å². The smallest absolute Gasteiger partial charge is 0.118 e. The Morgan fingerprint density at radius 3 is 1.78 bits per heavy atom. The summed E-state index contributed by atoms with van der Waals surface area (Å²) in [4.78, 5) is 0. The number of ether oxygens (including phenoxy) is 2. The lowest BCUT2D eigenvalue weighted by atomic mass is 9.91. The van der Waals surface area contributed by atoms with Crippen molar-refractivity contribution in [3.8, 4) is 33.8 Å². The molecule has 0 radical (unpaired) electrons. The van der Waals surface area contributed by atoms with E-state index in [2.05, 4.69) is 57.9 Å². The number of benzene rings is 3. The van der Waals surface area contributed by atoms with E-state index in [4.69, 9.17) is 9.47 Å². The summed E-state index contributed by atoms with van der Waals surface area (Å²) in [6.07, 6.45) is 0. The van der Waals surface area contributed by atoms with Crippen LogP contribution >= 0.6 is 9.24 Å². The molecule has 0 bridgehead atoms. The van der Waals surface area contributed by atoms with E-state index in [0.29, 0.717) is 0 Å². The first-order valence-corrected chi connectivity index (χ1v) is 9.55. The summed E-state index contributed by atoms with van der Waals surface area (Å²) in [5.74, 6) is 1.71. The maximum atomic E-state index is 5.33. The van der Waals surface area contributed by atoms with Crippen molar-refractivity contribution < 1.29 is 9.47 Å². The molecule has 1 N–H and O–H groups in total. The van der Waals surface area contributed by atoms with E-state index in [0.717, 1.165) is 22.6 Å². The molecule has 0 aliphatic carbocycles. The second kappa shape index (κ2) is 8.56. The standard InChI is InChI=1S/C23H26NO2P/c1-15(24-2)20-13-14-21(16-5-9-18(25-3)10-6-16)22(23(20)27)17-7-11-19(26-4)12-8-17/h5-15,24H,27H2,1-4H3/t15-/m0/s1. The van der Waals surface area contributed by atoms with E-state index in [-0.39, 0.29) is 6.04 Å². The van der Waals surface area contributed by atoms with Crippen LogP contribution in [0.15, 0.2) is 60.7 Å². The fourth-order valence-corrected chi connectivity index (χ4v) is 3.92. The lowest BCUT2D eigenvalue weighted by Gasteiger charge is -2.21. The van der Waals surface area contributed by atoms with Crippen molar-refractivity contribution in [2.45, 2.75) is 13.0 Å². The average Bonchev–Trinajstić information content (AvgIpc) is 2.73. The van der Waals surface area contributed by atoms with Gasteiger partial charge in [0.1, 0.15) is 11.5 Å². The predicted molar refractivity (Wildman–Crippen MR) is 117 cm³/mol. The molecule has 27 heavy (non-hydrogen) atoms. The summed E-state index contributed by atoms with van der Waals surface area (Å²) in [6.45, 7) is 2.17. The summed E-state index contributed by atoms with van der Waals surface area (Å²) in [5.41, 5.74) is 6.00. The number of nitrogens with one attached hydrogen (secondary N) is 1. The number of hydrogen-bond donors (Lipinski definition) is 1. The molecule has 1 unspecified atom stereocenters. The highest BCUT2D eigenvalue weighted by Gasteiger charge is 2.16. The molecular weight excluding hydrogens is 353 g/mol. The Balaban J connectivity index is 2.20. The lowest BCUT2D eigenvalue weighted by Crippen LogP contribution is -2.19. The van der Waals surface area contributed by atoms with Crippen LogP contribution in [0.3, 0.4) is 0 Å². The van der Waals surface area contributed by atoms with Crippen molar-refractivity contribution in [3.05, 3.63) is 66.2 Å². The van der Waals surface area contributed by atoms with Crippen molar-refractivity contribution in [1.29, 1.82) is 0 Å². The van der Waals surface area contributed by atoms with Crippen LogP contribution in [0.1, 0.15) is 18.5 Å². The van der Waals surface area contributed by atoms with Gasteiger partial charge in [0.05, 0.1) is 14.2 Å². The van der Waals surface area contributed by atoms with Gasteiger partial charge in [0, 0.05) is 6.04 Å². The largest absolute Gasteiger partial charge is 0.497 e. The van der Waals surface area contributed by atoms with E-state index >= 15 is 0 Å². The Labute approximate surface area is 163 Å². The van der Waals surface area contributed by atoms with Crippen molar-refractivity contribution in [2.24, 2.45) is 0 Å². The molecule has 3 aromatic rings. The summed E-state index contributed by atoms with van der Waals surface area (Å²) in [6, 6.07) is 21.1. The molecule has 4 heteroatoms. The molecule has 0 heterocycles. The van der Waals surface area contributed by atoms with Crippen molar-refractivity contribution in [3.63, 3.8) is 0 Å². The topological polar surface area (TPSA) is 30.5 Å². The molecule has 3 aromatic carbocycles. The Hall–Kier alpha value is -2.35. The molecule has 0 amide bonds. The van der Waals surface area contributed by atoms with Crippen molar-refractivity contribution in [1.82, 2.24) is 5.32 Å². The van der Waals surface area contributed by atoms with Gasteiger partial charge in [-0.25, -0.2) is 0 Å².